The summed E-state index contributed by atoms with van der Waals surface area (Å²) in [5.74, 6) is 0.840. The van der Waals surface area contributed by atoms with E-state index in [2.05, 4.69) is 69.3 Å². The second-order valence-corrected chi connectivity index (χ2v) is 6.79. The average molecular weight is 441 g/mol. The molecule has 25 heavy (non-hydrogen) atoms. The fourth-order valence-electron chi connectivity index (χ4n) is 2.69. The van der Waals surface area contributed by atoms with Crippen molar-refractivity contribution in [1.82, 2.24) is 15.0 Å². The van der Waals surface area contributed by atoms with Gasteiger partial charge in [0, 0.05) is 0 Å². The van der Waals surface area contributed by atoms with Crippen LogP contribution in [0.4, 0.5) is 0 Å². The minimum absolute atomic E-state index is 0.408. The predicted molar refractivity (Wildman–Crippen MR) is 107 cm³/mol. The molecule has 0 aliphatic carbocycles. The van der Waals surface area contributed by atoms with E-state index in [4.69, 9.17) is 4.74 Å². The molecule has 124 valence electrons. The minimum Gasteiger partial charge on any atom is -0.487 e. The molecular weight excluding hydrogens is 425 g/mol. The van der Waals surface area contributed by atoms with Crippen LogP contribution in [-0.4, -0.2) is 15.0 Å². The van der Waals surface area contributed by atoms with Crippen LogP contribution in [0.1, 0.15) is 11.3 Å². The summed E-state index contributed by atoms with van der Waals surface area (Å²) in [6.07, 6.45) is 0. The maximum Gasteiger partial charge on any atom is 0.135 e. The first kappa shape index (κ1) is 16.1. The van der Waals surface area contributed by atoms with Gasteiger partial charge in [-0.05, 0) is 51.1 Å². The summed E-state index contributed by atoms with van der Waals surface area (Å²) in [5.41, 5.74) is 2.05. The molecule has 0 amide bonds. The SMILES string of the molecule is Ic1c(COc2ccc3ccccc3c2)nnn1Cc1ccccc1. The molecule has 4 nitrogen and oxygen atoms in total. The van der Waals surface area contributed by atoms with Crippen LogP contribution in [0.3, 0.4) is 0 Å². The molecule has 0 atom stereocenters. The van der Waals surface area contributed by atoms with E-state index >= 15 is 0 Å². The lowest BCUT2D eigenvalue weighted by Gasteiger charge is -2.06. The van der Waals surface area contributed by atoms with E-state index in [9.17, 15) is 0 Å². The van der Waals surface area contributed by atoms with Crippen LogP contribution in [0.2, 0.25) is 0 Å². The van der Waals surface area contributed by atoms with Crippen molar-refractivity contribution in [2.24, 2.45) is 0 Å². The van der Waals surface area contributed by atoms with E-state index in [1.165, 1.54) is 16.3 Å². The molecular formula is C20H16IN3O. The molecule has 5 heteroatoms. The number of fused-ring (bicyclic) bond motifs is 1. The largest absolute Gasteiger partial charge is 0.487 e. The summed E-state index contributed by atoms with van der Waals surface area (Å²) >= 11 is 2.28. The average Bonchev–Trinajstić information content (AvgIpc) is 3.00. The Morgan fingerprint density at radius 3 is 2.48 bits per heavy atom. The van der Waals surface area contributed by atoms with Crippen molar-refractivity contribution in [1.29, 1.82) is 0 Å². The Hall–Kier alpha value is -2.41. The van der Waals surface area contributed by atoms with Crippen molar-refractivity contribution in [2.75, 3.05) is 0 Å². The van der Waals surface area contributed by atoms with Gasteiger partial charge in [0.15, 0.2) is 0 Å². The molecule has 0 saturated carbocycles. The van der Waals surface area contributed by atoms with E-state index in [0.717, 1.165) is 15.1 Å². The maximum absolute atomic E-state index is 5.92. The molecule has 0 bridgehead atoms. The molecule has 0 saturated heterocycles. The van der Waals surface area contributed by atoms with Crippen LogP contribution in [0.5, 0.6) is 5.75 Å². The fraction of sp³-hybridized carbons (Fsp3) is 0.100. The molecule has 0 aliphatic rings. The first-order valence-electron chi connectivity index (χ1n) is 8.03. The summed E-state index contributed by atoms with van der Waals surface area (Å²) in [6, 6.07) is 24.6. The fourth-order valence-corrected chi connectivity index (χ4v) is 3.22. The molecule has 0 N–H and O–H groups in total. The van der Waals surface area contributed by atoms with E-state index in [1.54, 1.807) is 0 Å². The third-order valence-electron chi connectivity index (χ3n) is 4.01. The number of hydrogen-bond acceptors (Lipinski definition) is 3. The molecule has 0 aliphatic heterocycles. The third kappa shape index (κ3) is 3.66. The minimum atomic E-state index is 0.408. The first-order valence-corrected chi connectivity index (χ1v) is 9.11. The van der Waals surface area contributed by atoms with E-state index < -0.39 is 0 Å². The Kier molecular flexibility index (Phi) is 4.65. The van der Waals surface area contributed by atoms with Gasteiger partial charge in [-0.1, -0.05) is 65.9 Å². The normalized spacial score (nSPS) is 10.9. The Bertz CT molecular complexity index is 998. The van der Waals surface area contributed by atoms with Gasteiger partial charge in [-0.25, -0.2) is 4.68 Å². The maximum atomic E-state index is 5.92. The predicted octanol–water partition coefficient (Wildman–Crippen LogP) is 4.66. The van der Waals surface area contributed by atoms with Gasteiger partial charge in [0.05, 0.1) is 6.54 Å². The zero-order chi connectivity index (χ0) is 17.1. The van der Waals surface area contributed by atoms with Gasteiger partial charge in [0.1, 0.15) is 21.8 Å². The van der Waals surface area contributed by atoms with Crippen LogP contribution in [0.15, 0.2) is 72.8 Å². The number of benzene rings is 3. The Labute approximate surface area is 159 Å². The standard InChI is InChI=1S/C20H16IN3O/c21-20-19(22-23-24(20)13-15-6-2-1-3-7-15)14-25-18-11-10-16-8-4-5-9-17(16)12-18/h1-12H,13-14H2. The molecule has 1 aromatic heterocycles. The zero-order valence-corrected chi connectivity index (χ0v) is 15.6. The highest BCUT2D eigenvalue weighted by Crippen LogP contribution is 2.22. The monoisotopic (exact) mass is 441 g/mol. The molecule has 0 radical (unpaired) electrons. The van der Waals surface area contributed by atoms with Gasteiger partial charge in [0.2, 0.25) is 0 Å². The van der Waals surface area contributed by atoms with Gasteiger partial charge in [-0.3, -0.25) is 0 Å². The first-order chi connectivity index (χ1) is 12.3. The molecule has 4 rings (SSSR count). The Morgan fingerprint density at radius 2 is 1.64 bits per heavy atom. The molecule has 0 unspecified atom stereocenters. The van der Waals surface area contributed by atoms with Gasteiger partial charge in [-0.2, -0.15) is 0 Å². The summed E-state index contributed by atoms with van der Waals surface area (Å²) < 4.78 is 8.82. The third-order valence-corrected chi connectivity index (χ3v) is 5.19. The molecule has 0 fully saturated rings. The van der Waals surface area contributed by atoms with Gasteiger partial charge in [-0.15, -0.1) is 5.10 Å². The van der Waals surface area contributed by atoms with Crippen molar-refractivity contribution < 1.29 is 4.74 Å². The van der Waals surface area contributed by atoms with E-state index in [0.29, 0.717) is 13.2 Å². The quantitative estimate of drug-likeness (QED) is 0.423. The van der Waals surface area contributed by atoms with Crippen LogP contribution >= 0.6 is 22.6 Å². The number of hydrogen-bond donors (Lipinski definition) is 0. The second kappa shape index (κ2) is 7.23. The number of aromatic nitrogens is 3. The van der Waals surface area contributed by atoms with Crippen LogP contribution in [0, 0.1) is 3.70 Å². The molecule has 3 aromatic carbocycles. The molecule has 1 heterocycles. The lowest BCUT2D eigenvalue weighted by molar-refractivity contribution is 0.300. The smallest absolute Gasteiger partial charge is 0.135 e. The van der Waals surface area contributed by atoms with E-state index in [-0.39, 0.29) is 0 Å². The van der Waals surface area contributed by atoms with Crippen molar-refractivity contribution in [3.63, 3.8) is 0 Å². The van der Waals surface area contributed by atoms with Gasteiger partial charge in [0.25, 0.3) is 0 Å². The van der Waals surface area contributed by atoms with E-state index in [1.807, 2.05) is 41.1 Å². The number of rotatable bonds is 5. The lowest BCUT2D eigenvalue weighted by Crippen LogP contribution is -2.05. The van der Waals surface area contributed by atoms with Gasteiger partial charge < -0.3 is 4.74 Å². The van der Waals surface area contributed by atoms with Gasteiger partial charge >= 0.3 is 0 Å². The summed E-state index contributed by atoms with van der Waals surface area (Å²) in [5, 5.41) is 10.9. The highest BCUT2D eigenvalue weighted by molar-refractivity contribution is 14.1. The summed E-state index contributed by atoms with van der Waals surface area (Å²) in [6.45, 7) is 1.12. The molecule has 0 spiro atoms. The molecule has 4 aromatic rings. The van der Waals surface area contributed by atoms with Crippen molar-refractivity contribution in [2.45, 2.75) is 13.2 Å². The zero-order valence-electron chi connectivity index (χ0n) is 13.5. The number of ether oxygens (including phenoxy) is 1. The Morgan fingerprint density at radius 1 is 0.880 bits per heavy atom. The second-order valence-electron chi connectivity index (χ2n) is 5.77. The highest BCUT2D eigenvalue weighted by atomic mass is 127. The Balaban J connectivity index is 1.47. The van der Waals surface area contributed by atoms with Crippen LogP contribution in [-0.2, 0) is 13.2 Å². The van der Waals surface area contributed by atoms with Crippen molar-refractivity contribution >= 4 is 33.4 Å². The topological polar surface area (TPSA) is 39.9 Å². The summed E-state index contributed by atoms with van der Waals surface area (Å²) in [7, 11) is 0. The summed E-state index contributed by atoms with van der Waals surface area (Å²) in [4.78, 5) is 0. The number of halogens is 1. The van der Waals surface area contributed by atoms with Crippen molar-refractivity contribution in [3.8, 4) is 5.75 Å². The van der Waals surface area contributed by atoms with Crippen LogP contribution in [0.25, 0.3) is 10.8 Å². The van der Waals surface area contributed by atoms with Crippen molar-refractivity contribution in [3.05, 3.63) is 87.8 Å². The number of nitrogens with zero attached hydrogens (tertiary/aromatic N) is 3. The lowest BCUT2D eigenvalue weighted by atomic mass is 10.1. The highest BCUT2D eigenvalue weighted by Gasteiger charge is 2.11. The van der Waals surface area contributed by atoms with Crippen LogP contribution < -0.4 is 4.74 Å².